The minimum Gasteiger partial charge on any atom is -0.480 e. The Hall–Kier alpha value is -1.31. The quantitative estimate of drug-likeness (QED) is 0.810. The second kappa shape index (κ2) is 5.55. The molecule has 18 heavy (non-hydrogen) atoms. The Labute approximate surface area is 118 Å². The summed E-state index contributed by atoms with van der Waals surface area (Å²) in [5, 5.41) is 11.5. The molecule has 1 fully saturated rings. The number of hydrogen-bond donors (Lipinski definition) is 2. The van der Waals surface area contributed by atoms with Crippen LogP contribution in [0, 0.1) is 3.57 Å². The molecule has 0 heterocycles. The van der Waals surface area contributed by atoms with E-state index in [2.05, 4.69) is 27.9 Å². The average Bonchev–Trinajstić information content (AvgIpc) is 3.09. The third kappa shape index (κ3) is 3.59. The van der Waals surface area contributed by atoms with Gasteiger partial charge in [-0.05, 0) is 53.6 Å². The highest BCUT2D eigenvalue weighted by molar-refractivity contribution is 14.1. The Morgan fingerprint density at radius 3 is 2.72 bits per heavy atom. The number of halogens is 1. The van der Waals surface area contributed by atoms with Crippen molar-refractivity contribution in [3.05, 3.63) is 27.8 Å². The van der Waals surface area contributed by atoms with E-state index in [0.717, 1.165) is 16.4 Å². The van der Waals surface area contributed by atoms with Crippen molar-refractivity contribution in [1.29, 1.82) is 0 Å². The second-order valence-corrected chi connectivity index (χ2v) is 5.44. The number of rotatable bonds is 4. The van der Waals surface area contributed by atoms with Crippen LogP contribution in [0.2, 0.25) is 0 Å². The Morgan fingerprint density at radius 2 is 2.17 bits per heavy atom. The molecule has 0 bridgehead atoms. The molecular formula is C12H13IN2O3. The lowest BCUT2D eigenvalue weighted by Crippen LogP contribution is -2.40. The van der Waals surface area contributed by atoms with Gasteiger partial charge in [0.05, 0.1) is 0 Å². The number of hydrogen-bond acceptors (Lipinski definition) is 2. The van der Waals surface area contributed by atoms with Crippen LogP contribution in [0.15, 0.2) is 24.3 Å². The van der Waals surface area contributed by atoms with Crippen molar-refractivity contribution in [1.82, 2.24) is 4.90 Å². The predicted octanol–water partition coefficient (Wildman–Crippen LogP) is 2.37. The van der Waals surface area contributed by atoms with Crippen molar-refractivity contribution in [3.63, 3.8) is 0 Å². The minimum absolute atomic E-state index is 0.0730. The molecule has 0 spiro atoms. The third-order valence-corrected chi connectivity index (χ3v) is 3.30. The molecule has 2 N–H and O–H groups in total. The molecular weight excluding hydrogens is 347 g/mol. The normalized spacial score (nSPS) is 14.1. The second-order valence-electron chi connectivity index (χ2n) is 4.19. The van der Waals surface area contributed by atoms with Crippen molar-refractivity contribution in [2.75, 3.05) is 11.9 Å². The molecule has 1 saturated carbocycles. The van der Waals surface area contributed by atoms with Crippen LogP contribution in [0.3, 0.4) is 0 Å². The third-order valence-electron chi connectivity index (χ3n) is 2.63. The summed E-state index contributed by atoms with van der Waals surface area (Å²) >= 11 is 2.16. The molecule has 0 aliphatic heterocycles. The van der Waals surface area contributed by atoms with Gasteiger partial charge in [0.15, 0.2) is 0 Å². The summed E-state index contributed by atoms with van der Waals surface area (Å²) < 4.78 is 1.02. The van der Waals surface area contributed by atoms with Crippen LogP contribution in [-0.4, -0.2) is 34.6 Å². The highest BCUT2D eigenvalue weighted by atomic mass is 127. The molecule has 1 aromatic carbocycles. The van der Waals surface area contributed by atoms with E-state index in [-0.39, 0.29) is 18.6 Å². The molecule has 0 unspecified atom stereocenters. The molecule has 0 saturated heterocycles. The molecule has 1 aliphatic carbocycles. The number of amides is 2. The highest BCUT2D eigenvalue weighted by Gasteiger charge is 2.33. The Bertz CT molecular complexity index is 474. The van der Waals surface area contributed by atoms with Crippen LogP contribution in [0.1, 0.15) is 12.8 Å². The van der Waals surface area contributed by atoms with E-state index in [9.17, 15) is 9.59 Å². The van der Waals surface area contributed by atoms with Gasteiger partial charge in [0, 0.05) is 15.3 Å². The number of nitrogens with zero attached hydrogens (tertiary/aromatic N) is 1. The summed E-state index contributed by atoms with van der Waals surface area (Å²) in [6.45, 7) is -0.250. The molecule has 0 aromatic heterocycles. The monoisotopic (exact) mass is 360 g/mol. The van der Waals surface area contributed by atoms with Gasteiger partial charge in [0.2, 0.25) is 0 Å². The number of anilines is 1. The van der Waals surface area contributed by atoms with Crippen molar-refractivity contribution in [3.8, 4) is 0 Å². The number of aliphatic carboxylic acids is 1. The molecule has 96 valence electrons. The van der Waals surface area contributed by atoms with Crippen LogP contribution >= 0.6 is 22.6 Å². The van der Waals surface area contributed by atoms with Gasteiger partial charge in [-0.1, -0.05) is 6.07 Å². The number of carboxylic acids is 1. The fraction of sp³-hybridized carbons (Fsp3) is 0.333. The SMILES string of the molecule is O=C(O)CN(C(=O)Nc1cccc(I)c1)C1CC1. The van der Waals surface area contributed by atoms with Crippen LogP contribution in [-0.2, 0) is 4.79 Å². The zero-order valence-corrected chi connectivity index (χ0v) is 11.8. The van der Waals surface area contributed by atoms with E-state index in [1.807, 2.05) is 18.2 Å². The van der Waals surface area contributed by atoms with E-state index < -0.39 is 5.97 Å². The number of nitrogens with one attached hydrogen (secondary N) is 1. The summed E-state index contributed by atoms with van der Waals surface area (Å²) in [4.78, 5) is 24.1. The lowest BCUT2D eigenvalue weighted by Gasteiger charge is -2.20. The van der Waals surface area contributed by atoms with Crippen molar-refractivity contribution in [2.24, 2.45) is 0 Å². The Kier molecular flexibility index (Phi) is 4.05. The highest BCUT2D eigenvalue weighted by Crippen LogP contribution is 2.27. The molecule has 0 radical (unpaired) electrons. The maximum absolute atomic E-state index is 12.0. The number of carbonyl (C=O) groups is 2. The maximum Gasteiger partial charge on any atom is 0.323 e. The van der Waals surface area contributed by atoms with Crippen molar-refractivity contribution >= 4 is 40.3 Å². The van der Waals surface area contributed by atoms with Crippen LogP contribution in [0.5, 0.6) is 0 Å². The van der Waals surface area contributed by atoms with E-state index in [0.29, 0.717) is 5.69 Å². The molecule has 2 amide bonds. The van der Waals surface area contributed by atoms with E-state index >= 15 is 0 Å². The van der Waals surface area contributed by atoms with Gasteiger partial charge in [0.1, 0.15) is 6.54 Å². The summed E-state index contributed by atoms with van der Waals surface area (Å²) in [6, 6.07) is 7.11. The fourth-order valence-electron chi connectivity index (χ4n) is 1.66. The Morgan fingerprint density at radius 1 is 1.44 bits per heavy atom. The first-order chi connectivity index (χ1) is 8.56. The van der Waals surface area contributed by atoms with Gasteiger partial charge in [-0.15, -0.1) is 0 Å². The molecule has 0 atom stereocenters. The van der Waals surface area contributed by atoms with E-state index in [4.69, 9.17) is 5.11 Å². The van der Waals surface area contributed by atoms with Crippen molar-refractivity contribution < 1.29 is 14.7 Å². The average molecular weight is 360 g/mol. The minimum atomic E-state index is -0.986. The zero-order chi connectivity index (χ0) is 13.1. The molecule has 2 rings (SSSR count). The van der Waals surface area contributed by atoms with Gasteiger partial charge < -0.3 is 15.3 Å². The smallest absolute Gasteiger partial charge is 0.323 e. The lowest BCUT2D eigenvalue weighted by molar-refractivity contribution is -0.137. The van der Waals surface area contributed by atoms with E-state index in [1.165, 1.54) is 4.90 Å². The lowest BCUT2D eigenvalue weighted by atomic mass is 10.3. The first kappa shape index (κ1) is 13.1. The van der Waals surface area contributed by atoms with Gasteiger partial charge in [-0.3, -0.25) is 4.79 Å². The standard InChI is InChI=1S/C12H13IN2O3/c13-8-2-1-3-9(6-8)14-12(18)15(7-11(16)17)10-4-5-10/h1-3,6,10H,4-5,7H2,(H,14,18)(H,16,17). The van der Waals surface area contributed by atoms with Crippen LogP contribution in [0.4, 0.5) is 10.5 Å². The fourth-order valence-corrected chi connectivity index (χ4v) is 2.20. The number of carboxylic acid groups (broad SMARTS) is 1. The van der Waals surface area contributed by atoms with Crippen LogP contribution in [0.25, 0.3) is 0 Å². The zero-order valence-electron chi connectivity index (χ0n) is 9.60. The largest absolute Gasteiger partial charge is 0.480 e. The maximum atomic E-state index is 12.0. The van der Waals surface area contributed by atoms with Crippen molar-refractivity contribution in [2.45, 2.75) is 18.9 Å². The van der Waals surface area contributed by atoms with Gasteiger partial charge in [-0.2, -0.15) is 0 Å². The number of benzene rings is 1. The van der Waals surface area contributed by atoms with Gasteiger partial charge in [-0.25, -0.2) is 4.79 Å². The first-order valence-electron chi connectivity index (χ1n) is 5.61. The summed E-state index contributed by atoms with van der Waals surface area (Å²) in [5.41, 5.74) is 0.683. The number of urea groups is 1. The van der Waals surface area contributed by atoms with Gasteiger partial charge >= 0.3 is 12.0 Å². The summed E-state index contributed by atoms with van der Waals surface area (Å²) in [6.07, 6.45) is 1.76. The molecule has 5 nitrogen and oxygen atoms in total. The molecule has 1 aliphatic rings. The predicted molar refractivity (Wildman–Crippen MR) is 75.5 cm³/mol. The summed E-state index contributed by atoms with van der Waals surface area (Å²) in [5.74, 6) is -0.986. The van der Waals surface area contributed by atoms with Crippen LogP contribution < -0.4 is 5.32 Å². The molecule has 6 heteroatoms. The van der Waals surface area contributed by atoms with Gasteiger partial charge in [0.25, 0.3) is 0 Å². The topological polar surface area (TPSA) is 69.6 Å². The number of carbonyl (C=O) groups excluding carboxylic acids is 1. The molecule has 1 aromatic rings. The van der Waals surface area contributed by atoms with E-state index in [1.54, 1.807) is 6.07 Å². The first-order valence-corrected chi connectivity index (χ1v) is 6.69. The Balaban J connectivity index is 2.02. The summed E-state index contributed by atoms with van der Waals surface area (Å²) in [7, 11) is 0.